The number of nitrogens with one attached hydrogen (secondary N) is 1. The van der Waals surface area contributed by atoms with Gasteiger partial charge in [0.1, 0.15) is 6.10 Å². The number of rotatable bonds is 15. The van der Waals surface area contributed by atoms with E-state index in [0.717, 1.165) is 47.7 Å². The van der Waals surface area contributed by atoms with Crippen molar-refractivity contribution in [1.29, 1.82) is 0 Å². The summed E-state index contributed by atoms with van der Waals surface area (Å²) in [7, 11) is 0. The van der Waals surface area contributed by atoms with E-state index in [1.807, 2.05) is 19.1 Å². The zero-order valence-corrected chi connectivity index (χ0v) is 21.3. The maximum atomic E-state index is 12.5. The summed E-state index contributed by atoms with van der Waals surface area (Å²) in [6, 6.07) is 5.63. The van der Waals surface area contributed by atoms with Crippen molar-refractivity contribution in [1.82, 2.24) is 5.32 Å². The summed E-state index contributed by atoms with van der Waals surface area (Å²) in [4.78, 5) is 24.8. The number of unbranched alkanes of at least 4 members (excludes halogenated alkanes) is 9. The number of aryl methyl sites for hydroxylation is 1. The van der Waals surface area contributed by atoms with Gasteiger partial charge in [0.2, 0.25) is 0 Å². The molecule has 30 heavy (non-hydrogen) atoms. The van der Waals surface area contributed by atoms with Gasteiger partial charge in [0, 0.05) is 3.57 Å². The summed E-state index contributed by atoms with van der Waals surface area (Å²) < 4.78 is 6.47. The first-order valence-corrected chi connectivity index (χ1v) is 12.8. The predicted molar refractivity (Wildman–Crippen MR) is 133 cm³/mol. The van der Waals surface area contributed by atoms with Crippen LogP contribution in [0.5, 0.6) is 0 Å². The Kier molecular flexibility index (Phi) is 14.9. The molecule has 4 nitrogen and oxygen atoms in total. The van der Waals surface area contributed by atoms with Crippen molar-refractivity contribution in [2.45, 2.75) is 110 Å². The molecule has 5 heteroatoms. The SMILES string of the molecule is CCCCCCCCCCC(CCCCC)OC(=O)NC(=O)c1cc(C)ccc1I. The second-order valence-electron chi connectivity index (χ2n) is 8.22. The fraction of sp³-hybridized carbons (Fsp3) is 0.680. The van der Waals surface area contributed by atoms with Gasteiger partial charge in [-0.1, -0.05) is 83.3 Å². The van der Waals surface area contributed by atoms with Gasteiger partial charge in [-0.05, 0) is 67.3 Å². The average molecular weight is 530 g/mol. The molecule has 170 valence electrons. The maximum Gasteiger partial charge on any atom is 0.414 e. The summed E-state index contributed by atoms with van der Waals surface area (Å²) in [6.45, 7) is 6.34. The maximum absolute atomic E-state index is 12.5. The number of carbonyl (C=O) groups excluding carboxylic acids is 2. The monoisotopic (exact) mass is 529 g/mol. The Morgan fingerprint density at radius 3 is 2.07 bits per heavy atom. The molecule has 2 amide bonds. The molecule has 0 spiro atoms. The highest BCUT2D eigenvalue weighted by Gasteiger charge is 2.18. The lowest BCUT2D eigenvalue weighted by atomic mass is 10.0. The lowest BCUT2D eigenvalue weighted by molar-refractivity contribution is 0.0752. The molecular formula is C25H40INO3. The zero-order chi connectivity index (χ0) is 22.2. The van der Waals surface area contributed by atoms with E-state index < -0.39 is 12.0 Å². The summed E-state index contributed by atoms with van der Waals surface area (Å²) in [5, 5.41) is 2.41. The second kappa shape index (κ2) is 16.6. The van der Waals surface area contributed by atoms with Crippen molar-refractivity contribution >= 4 is 34.6 Å². The lowest BCUT2D eigenvalue weighted by Crippen LogP contribution is -2.34. The Balaban J connectivity index is 2.44. The number of hydrogen-bond acceptors (Lipinski definition) is 3. The number of benzene rings is 1. The molecule has 0 radical (unpaired) electrons. The van der Waals surface area contributed by atoms with E-state index in [2.05, 4.69) is 41.8 Å². The standard InChI is InChI=1S/C25H40INO3/c1-4-6-8-9-10-11-12-14-16-21(15-13-7-5-2)30-25(29)27-24(28)22-19-20(3)17-18-23(22)26/h17-19,21H,4-16H2,1-3H3,(H,27,28,29). The third-order valence-electron chi connectivity index (χ3n) is 5.37. The first-order valence-electron chi connectivity index (χ1n) is 11.8. The minimum atomic E-state index is -0.627. The number of alkyl carbamates (subject to hydrolysis) is 1. The van der Waals surface area contributed by atoms with Crippen molar-refractivity contribution in [3.63, 3.8) is 0 Å². The van der Waals surface area contributed by atoms with Gasteiger partial charge in [-0.15, -0.1) is 0 Å². The van der Waals surface area contributed by atoms with Crippen molar-refractivity contribution < 1.29 is 14.3 Å². The zero-order valence-electron chi connectivity index (χ0n) is 19.1. The summed E-state index contributed by atoms with van der Waals surface area (Å²) in [5.74, 6) is -0.396. The van der Waals surface area contributed by atoms with Gasteiger partial charge in [-0.3, -0.25) is 10.1 Å². The molecule has 0 aliphatic heterocycles. The minimum absolute atomic E-state index is 0.110. The van der Waals surface area contributed by atoms with Crippen LogP contribution in [0.3, 0.4) is 0 Å². The number of ether oxygens (including phenoxy) is 1. The van der Waals surface area contributed by atoms with Gasteiger partial charge < -0.3 is 4.74 Å². The highest BCUT2D eigenvalue weighted by atomic mass is 127. The lowest BCUT2D eigenvalue weighted by Gasteiger charge is -2.18. The predicted octanol–water partition coefficient (Wildman–Crippen LogP) is 7.95. The van der Waals surface area contributed by atoms with E-state index in [9.17, 15) is 9.59 Å². The molecule has 1 unspecified atom stereocenters. The highest BCUT2D eigenvalue weighted by molar-refractivity contribution is 14.1. The largest absolute Gasteiger partial charge is 0.446 e. The average Bonchev–Trinajstić information content (AvgIpc) is 2.71. The van der Waals surface area contributed by atoms with Crippen LogP contribution < -0.4 is 5.32 Å². The first kappa shape index (κ1) is 26.9. The Bertz CT molecular complexity index is 633. The topological polar surface area (TPSA) is 55.4 Å². The molecule has 1 aromatic carbocycles. The fourth-order valence-electron chi connectivity index (χ4n) is 3.54. The molecule has 1 aromatic rings. The van der Waals surface area contributed by atoms with Crippen LogP contribution in [-0.2, 0) is 4.74 Å². The quantitative estimate of drug-likeness (QED) is 0.185. The molecule has 0 aliphatic rings. The Labute approximate surface area is 197 Å². The molecule has 0 aliphatic carbocycles. The number of amides is 2. The number of halogens is 1. The van der Waals surface area contributed by atoms with Gasteiger partial charge in [0.05, 0.1) is 5.56 Å². The molecule has 0 fully saturated rings. The van der Waals surface area contributed by atoms with Crippen LogP contribution in [0.1, 0.15) is 113 Å². The van der Waals surface area contributed by atoms with E-state index in [-0.39, 0.29) is 6.10 Å². The molecular weight excluding hydrogens is 489 g/mol. The van der Waals surface area contributed by atoms with E-state index >= 15 is 0 Å². The van der Waals surface area contributed by atoms with Gasteiger partial charge in [0.15, 0.2) is 0 Å². The fourth-order valence-corrected chi connectivity index (χ4v) is 4.12. The van der Waals surface area contributed by atoms with Crippen LogP contribution in [0, 0.1) is 10.5 Å². The molecule has 0 bridgehead atoms. The van der Waals surface area contributed by atoms with Crippen LogP contribution in [-0.4, -0.2) is 18.1 Å². The molecule has 1 atom stereocenters. The smallest absolute Gasteiger partial charge is 0.414 e. The van der Waals surface area contributed by atoms with Gasteiger partial charge >= 0.3 is 6.09 Å². The summed E-state index contributed by atoms with van der Waals surface area (Å²) in [6.07, 6.45) is 14.4. The Morgan fingerprint density at radius 2 is 1.43 bits per heavy atom. The van der Waals surface area contributed by atoms with Crippen LogP contribution in [0.2, 0.25) is 0 Å². The third-order valence-corrected chi connectivity index (χ3v) is 6.31. The summed E-state index contributed by atoms with van der Waals surface area (Å²) in [5.41, 5.74) is 1.50. The Morgan fingerprint density at radius 1 is 0.900 bits per heavy atom. The second-order valence-corrected chi connectivity index (χ2v) is 9.39. The molecule has 0 saturated heterocycles. The van der Waals surface area contributed by atoms with Crippen molar-refractivity contribution in [2.24, 2.45) is 0 Å². The van der Waals surface area contributed by atoms with E-state index in [1.165, 1.54) is 44.9 Å². The van der Waals surface area contributed by atoms with E-state index in [4.69, 9.17) is 4.74 Å². The molecule has 0 heterocycles. The van der Waals surface area contributed by atoms with Gasteiger partial charge in [0.25, 0.3) is 5.91 Å². The van der Waals surface area contributed by atoms with Crippen molar-refractivity contribution in [3.8, 4) is 0 Å². The molecule has 1 rings (SSSR count). The van der Waals surface area contributed by atoms with E-state index in [0.29, 0.717) is 5.56 Å². The summed E-state index contributed by atoms with van der Waals surface area (Å²) >= 11 is 2.11. The molecule has 0 saturated carbocycles. The van der Waals surface area contributed by atoms with Crippen LogP contribution in [0.25, 0.3) is 0 Å². The minimum Gasteiger partial charge on any atom is -0.446 e. The van der Waals surface area contributed by atoms with Crippen LogP contribution in [0.15, 0.2) is 18.2 Å². The molecule has 1 N–H and O–H groups in total. The van der Waals surface area contributed by atoms with Crippen LogP contribution in [0.4, 0.5) is 4.79 Å². The van der Waals surface area contributed by atoms with Crippen molar-refractivity contribution in [3.05, 3.63) is 32.9 Å². The van der Waals surface area contributed by atoms with E-state index in [1.54, 1.807) is 6.07 Å². The normalized spacial score (nSPS) is 11.9. The Hall–Kier alpha value is -1.11. The number of hydrogen-bond donors (Lipinski definition) is 1. The molecule has 0 aromatic heterocycles. The third kappa shape index (κ3) is 11.9. The highest BCUT2D eigenvalue weighted by Crippen LogP contribution is 2.17. The first-order chi connectivity index (χ1) is 14.5. The van der Waals surface area contributed by atoms with Crippen molar-refractivity contribution in [2.75, 3.05) is 0 Å². The number of carbonyl (C=O) groups is 2. The van der Waals surface area contributed by atoms with Gasteiger partial charge in [-0.2, -0.15) is 0 Å². The van der Waals surface area contributed by atoms with Gasteiger partial charge in [-0.25, -0.2) is 4.79 Å². The number of imide groups is 1. The van der Waals surface area contributed by atoms with Crippen LogP contribution >= 0.6 is 22.6 Å².